The molecular weight excluding hydrogens is 569 g/mol. The van der Waals surface area contributed by atoms with Crippen molar-refractivity contribution in [2.75, 3.05) is 12.3 Å². The molecule has 2 heterocycles. The van der Waals surface area contributed by atoms with Crippen LogP contribution in [0.2, 0.25) is 0 Å². The number of amides is 2. The van der Waals surface area contributed by atoms with Crippen LogP contribution in [-0.2, 0) is 22.6 Å². The normalized spacial score (nSPS) is 20.3. The Balaban J connectivity index is 1.38. The van der Waals surface area contributed by atoms with Crippen LogP contribution in [0.25, 0.3) is 11.1 Å². The van der Waals surface area contributed by atoms with Gasteiger partial charge in [0.25, 0.3) is 0 Å². The number of nitrogens with zero attached hydrogens (tertiary/aromatic N) is 2. The van der Waals surface area contributed by atoms with Gasteiger partial charge < -0.3 is 25.2 Å². The maximum atomic E-state index is 11.9. The van der Waals surface area contributed by atoms with Gasteiger partial charge in [0.1, 0.15) is 5.01 Å². The van der Waals surface area contributed by atoms with Crippen molar-refractivity contribution in [3.05, 3.63) is 100 Å². The molecule has 8 nitrogen and oxygen atoms in total. The third kappa shape index (κ3) is 7.56. The first-order valence-electron chi connectivity index (χ1n) is 14.1. The molecule has 0 bridgehead atoms. The number of hydrogen-bond donors (Lipinski definition) is 3. The van der Waals surface area contributed by atoms with Crippen molar-refractivity contribution in [2.24, 2.45) is 5.92 Å². The van der Waals surface area contributed by atoms with Crippen LogP contribution in [0.15, 0.2) is 77.1 Å². The van der Waals surface area contributed by atoms with E-state index in [2.05, 4.69) is 52.0 Å². The van der Waals surface area contributed by atoms with Crippen molar-refractivity contribution in [3.63, 3.8) is 0 Å². The van der Waals surface area contributed by atoms with Crippen LogP contribution in [-0.4, -0.2) is 39.7 Å². The molecule has 1 fully saturated rings. The van der Waals surface area contributed by atoms with Crippen molar-refractivity contribution < 1.29 is 19.4 Å². The summed E-state index contributed by atoms with van der Waals surface area (Å²) in [5.74, 6) is 0.807. The molecule has 3 aromatic carbocycles. The van der Waals surface area contributed by atoms with Crippen LogP contribution in [0.1, 0.15) is 53.5 Å². The first kappa shape index (κ1) is 30.2. The summed E-state index contributed by atoms with van der Waals surface area (Å²) < 4.78 is 14.2. The summed E-state index contributed by atoms with van der Waals surface area (Å²) >= 11 is 3.25. The lowest BCUT2D eigenvalue weighted by atomic mass is 9.91. The average molecular weight is 605 g/mol. The number of rotatable bonds is 10. The Morgan fingerprint density at radius 1 is 0.952 bits per heavy atom. The summed E-state index contributed by atoms with van der Waals surface area (Å²) in [5, 5.41) is 24.5. The molecular formula is C32H36N4O4S2. The molecule has 42 heavy (non-hydrogen) atoms. The summed E-state index contributed by atoms with van der Waals surface area (Å²) in [7, 11) is 0. The van der Waals surface area contributed by atoms with Gasteiger partial charge in [-0.3, -0.25) is 0 Å². The van der Waals surface area contributed by atoms with E-state index in [1.165, 1.54) is 0 Å². The van der Waals surface area contributed by atoms with E-state index in [0.717, 1.165) is 48.5 Å². The molecule has 5 rings (SSSR count). The first-order valence-corrected chi connectivity index (χ1v) is 15.9. The van der Waals surface area contributed by atoms with E-state index in [-0.39, 0.29) is 30.8 Å². The number of ether oxygens (including phenoxy) is 2. The third-order valence-electron chi connectivity index (χ3n) is 7.21. The molecule has 1 saturated heterocycles. The zero-order valence-corrected chi connectivity index (χ0v) is 25.6. The number of urea groups is 1. The Kier molecular flexibility index (Phi) is 10.2. The van der Waals surface area contributed by atoms with E-state index < -0.39 is 6.29 Å². The molecule has 3 N–H and O–H groups in total. The number of aryl methyl sites for hydroxylation is 1. The van der Waals surface area contributed by atoms with Gasteiger partial charge in [0.05, 0.1) is 18.8 Å². The molecule has 1 aromatic heterocycles. The standard InChI is InChI=1S/C32H36N4O4S2/c1-4-33-31(38)34-17-23-7-5-8-25(15-23)26-9-6-10-27(16-26)30-39-28(19-41-32-36-35-21(3)42-32)20(2)29(40-30)24-13-11-22(18-37)12-14-24/h5-16,20,28-30,37H,4,17-19H2,1-3H3,(H2,33,34,38)/t20-,28+,29+,30+/m1/s1. The molecule has 0 unspecified atom stereocenters. The minimum absolute atomic E-state index is 0.00359. The van der Waals surface area contributed by atoms with Gasteiger partial charge in [0.2, 0.25) is 0 Å². The van der Waals surface area contributed by atoms with E-state index in [4.69, 9.17) is 9.47 Å². The lowest BCUT2D eigenvalue weighted by Crippen LogP contribution is -2.38. The maximum absolute atomic E-state index is 11.9. The number of aliphatic hydroxyl groups is 1. The van der Waals surface area contributed by atoms with Gasteiger partial charge in [-0.2, -0.15) is 0 Å². The van der Waals surface area contributed by atoms with Crippen molar-refractivity contribution in [1.82, 2.24) is 20.8 Å². The number of benzene rings is 3. The lowest BCUT2D eigenvalue weighted by molar-refractivity contribution is -0.268. The van der Waals surface area contributed by atoms with Crippen molar-refractivity contribution in [1.29, 1.82) is 0 Å². The number of thioether (sulfide) groups is 1. The fourth-order valence-electron chi connectivity index (χ4n) is 4.93. The van der Waals surface area contributed by atoms with Crippen molar-refractivity contribution in [3.8, 4) is 11.1 Å². The molecule has 0 radical (unpaired) electrons. The summed E-state index contributed by atoms with van der Waals surface area (Å²) in [4.78, 5) is 11.9. The second kappa shape index (κ2) is 14.3. The second-order valence-corrected chi connectivity index (χ2v) is 12.7. The first-order chi connectivity index (χ1) is 20.4. The van der Waals surface area contributed by atoms with Crippen molar-refractivity contribution in [2.45, 2.75) is 56.8 Å². The number of nitrogens with one attached hydrogen (secondary N) is 2. The minimum atomic E-state index is -0.562. The molecule has 10 heteroatoms. The molecule has 4 aromatic rings. The zero-order chi connectivity index (χ0) is 29.5. The monoisotopic (exact) mass is 604 g/mol. The highest BCUT2D eigenvalue weighted by Crippen LogP contribution is 2.43. The van der Waals surface area contributed by atoms with Crippen LogP contribution >= 0.6 is 23.1 Å². The van der Waals surface area contributed by atoms with Gasteiger partial charge >= 0.3 is 6.03 Å². The van der Waals surface area contributed by atoms with Gasteiger partial charge in [-0.15, -0.1) is 10.2 Å². The van der Waals surface area contributed by atoms with Crippen LogP contribution in [0.5, 0.6) is 0 Å². The summed E-state index contributed by atoms with van der Waals surface area (Å²) in [6, 6.07) is 24.2. The predicted molar refractivity (Wildman–Crippen MR) is 166 cm³/mol. The van der Waals surface area contributed by atoms with E-state index in [0.29, 0.717) is 13.1 Å². The molecule has 1 aliphatic heterocycles. The van der Waals surface area contributed by atoms with Crippen LogP contribution in [0.3, 0.4) is 0 Å². The Labute approximate surface area is 254 Å². The topological polar surface area (TPSA) is 106 Å². The van der Waals surface area contributed by atoms with Gasteiger partial charge in [0.15, 0.2) is 10.6 Å². The number of hydrogen-bond acceptors (Lipinski definition) is 8. The molecule has 0 saturated carbocycles. The molecule has 4 atom stereocenters. The fourth-order valence-corrected chi connectivity index (χ4v) is 6.94. The minimum Gasteiger partial charge on any atom is -0.392 e. The summed E-state index contributed by atoms with van der Waals surface area (Å²) in [5.41, 5.74) is 5.95. The quantitative estimate of drug-likeness (QED) is 0.180. The summed E-state index contributed by atoms with van der Waals surface area (Å²) in [6.07, 6.45) is -0.841. The van der Waals surface area contributed by atoms with Crippen molar-refractivity contribution >= 4 is 29.1 Å². The Morgan fingerprint density at radius 3 is 2.43 bits per heavy atom. The number of carbonyl (C=O) groups is 1. The predicted octanol–water partition coefficient (Wildman–Crippen LogP) is 6.41. The van der Waals surface area contributed by atoms with Gasteiger partial charge in [-0.25, -0.2) is 4.79 Å². The van der Waals surface area contributed by atoms with Gasteiger partial charge in [-0.05, 0) is 53.8 Å². The third-order valence-corrected chi connectivity index (χ3v) is 9.27. The highest BCUT2D eigenvalue weighted by atomic mass is 32.2. The second-order valence-electron chi connectivity index (χ2n) is 10.3. The molecule has 0 spiro atoms. The highest BCUT2D eigenvalue weighted by Gasteiger charge is 2.38. The van der Waals surface area contributed by atoms with E-state index in [1.54, 1.807) is 23.1 Å². The largest absolute Gasteiger partial charge is 0.392 e. The number of aromatic nitrogens is 2. The Morgan fingerprint density at radius 2 is 1.71 bits per heavy atom. The number of carbonyl (C=O) groups excluding carboxylic acids is 1. The smallest absolute Gasteiger partial charge is 0.315 e. The fraction of sp³-hybridized carbons (Fsp3) is 0.344. The maximum Gasteiger partial charge on any atom is 0.315 e. The van der Waals surface area contributed by atoms with Gasteiger partial charge in [-0.1, -0.05) is 90.7 Å². The van der Waals surface area contributed by atoms with Crippen LogP contribution in [0, 0.1) is 12.8 Å². The summed E-state index contributed by atoms with van der Waals surface area (Å²) in [6.45, 7) is 7.04. The molecule has 220 valence electrons. The molecule has 2 amide bonds. The molecule has 0 aliphatic carbocycles. The van der Waals surface area contributed by atoms with Crippen LogP contribution in [0.4, 0.5) is 4.79 Å². The Bertz CT molecular complexity index is 1480. The highest BCUT2D eigenvalue weighted by molar-refractivity contribution is 8.01. The van der Waals surface area contributed by atoms with E-state index >= 15 is 0 Å². The van der Waals surface area contributed by atoms with E-state index in [9.17, 15) is 9.90 Å². The van der Waals surface area contributed by atoms with E-state index in [1.807, 2.05) is 62.4 Å². The average Bonchev–Trinajstić information content (AvgIpc) is 3.44. The van der Waals surface area contributed by atoms with Crippen LogP contribution < -0.4 is 10.6 Å². The SMILES string of the molecule is CCNC(=O)NCc1cccc(-c2cccc([C@H]3O[C@@H](CSc4nnc(C)s4)[C@@H](C)[C@@H](c4ccc(CO)cc4)O3)c2)c1. The zero-order valence-electron chi connectivity index (χ0n) is 23.9. The Hall–Kier alpha value is -3.28. The molecule has 1 aliphatic rings. The lowest BCUT2D eigenvalue weighted by Gasteiger charge is -2.41. The number of aliphatic hydroxyl groups excluding tert-OH is 1. The van der Waals surface area contributed by atoms with Gasteiger partial charge in [0, 0.05) is 30.3 Å².